The number of nitrogen functional groups attached to an aromatic ring is 1. The fourth-order valence-electron chi connectivity index (χ4n) is 5.51. The number of carbonyl (C=O) groups excluding carboxylic acids is 3. The molecule has 4 aliphatic rings. The summed E-state index contributed by atoms with van der Waals surface area (Å²) in [6, 6.07) is -1.34. The number of nitrogens with zero attached hydrogens (tertiary/aromatic N) is 5. The molecule has 0 bridgehead atoms. The average molecular weight is 516 g/mol. The molecule has 2 atom stereocenters. The Morgan fingerprint density at radius 2 is 1.94 bits per heavy atom. The summed E-state index contributed by atoms with van der Waals surface area (Å²) in [5.74, 6) is -3.01. The molecule has 36 heavy (non-hydrogen) atoms. The van der Waals surface area contributed by atoms with E-state index in [9.17, 15) is 29.5 Å². The second kappa shape index (κ2) is 9.33. The van der Waals surface area contributed by atoms with Crippen LogP contribution in [0.25, 0.3) is 0 Å². The molecule has 4 heterocycles. The lowest BCUT2D eigenvalue weighted by Gasteiger charge is -2.50. The zero-order valence-electron chi connectivity index (χ0n) is 19.2. The van der Waals surface area contributed by atoms with Crippen molar-refractivity contribution in [3.05, 3.63) is 28.7 Å². The minimum absolute atomic E-state index is 0.0616. The molecular weight excluding hydrogens is 490 g/mol. The Hall–Kier alpha value is -3.81. The fraction of sp³-hybridized carbons (Fsp3) is 0.500. The summed E-state index contributed by atoms with van der Waals surface area (Å²) >= 11 is 0.812. The first-order valence-electron chi connectivity index (χ1n) is 11.7. The fourth-order valence-corrected chi connectivity index (χ4v) is 5.94. The van der Waals surface area contributed by atoms with Gasteiger partial charge in [0, 0.05) is 29.7 Å². The third kappa shape index (κ3) is 4.00. The number of likely N-dealkylation sites (tertiary alicyclic amines) is 1. The van der Waals surface area contributed by atoms with E-state index in [0.717, 1.165) is 42.1 Å². The van der Waals surface area contributed by atoms with Crippen LogP contribution in [0, 0.1) is 0 Å². The number of β-lactam (4-membered cyclic amide) rings is 1. The summed E-state index contributed by atoms with van der Waals surface area (Å²) in [5, 5.41) is 24.6. The number of aromatic nitrogens is 2. The zero-order chi connectivity index (χ0) is 25.6. The maximum absolute atomic E-state index is 13.0. The molecule has 14 heteroatoms. The number of anilines is 1. The van der Waals surface area contributed by atoms with Gasteiger partial charge < -0.3 is 26.3 Å². The van der Waals surface area contributed by atoms with Crippen LogP contribution in [0.4, 0.5) is 5.13 Å². The van der Waals surface area contributed by atoms with Crippen LogP contribution in [0.15, 0.2) is 28.1 Å². The smallest absolute Gasteiger partial charge is 0.352 e. The van der Waals surface area contributed by atoms with Gasteiger partial charge in [-0.3, -0.25) is 19.3 Å². The Kier molecular flexibility index (Phi) is 6.20. The molecule has 0 spiro atoms. The molecule has 1 aromatic rings. The summed E-state index contributed by atoms with van der Waals surface area (Å²) in [5.41, 5.74) is 5.82. The molecule has 3 aliphatic heterocycles. The largest absolute Gasteiger partial charge is 0.477 e. The summed E-state index contributed by atoms with van der Waals surface area (Å²) in [6.07, 6.45) is 7.09. The molecule has 0 aromatic carbocycles. The molecule has 190 valence electrons. The van der Waals surface area contributed by atoms with E-state index < -0.39 is 35.6 Å². The monoisotopic (exact) mass is 515 g/mol. The number of nitrogens with one attached hydrogen (secondary N) is 1. The van der Waals surface area contributed by atoms with E-state index in [-0.39, 0.29) is 28.6 Å². The number of carboxylic acid groups (broad SMARTS) is 1. The molecule has 5 rings (SSSR count). The van der Waals surface area contributed by atoms with Gasteiger partial charge in [-0.05, 0) is 43.8 Å². The number of carbonyl (C=O) groups is 4. The molecule has 1 saturated carbocycles. The van der Waals surface area contributed by atoms with Gasteiger partial charge >= 0.3 is 5.97 Å². The number of hydrogen-bond acceptors (Lipinski definition) is 10. The van der Waals surface area contributed by atoms with Crippen molar-refractivity contribution in [2.75, 3.05) is 12.3 Å². The molecule has 3 amide bonds. The second-order valence-electron chi connectivity index (χ2n) is 9.21. The van der Waals surface area contributed by atoms with Crippen LogP contribution in [0.2, 0.25) is 0 Å². The molecule has 3 fully saturated rings. The number of hydrogen-bond donors (Lipinski definition) is 4. The molecule has 5 N–H and O–H groups in total. The van der Waals surface area contributed by atoms with E-state index in [1.54, 1.807) is 6.08 Å². The van der Waals surface area contributed by atoms with Crippen molar-refractivity contribution in [3.63, 3.8) is 0 Å². The van der Waals surface area contributed by atoms with Gasteiger partial charge in [0.15, 0.2) is 5.13 Å². The number of oxime groups is 1. The summed E-state index contributed by atoms with van der Waals surface area (Å²) in [7, 11) is 0. The van der Waals surface area contributed by atoms with Gasteiger partial charge in [0.25, 0.3) is 11.8 Å². The number of allylic oxidation sites excluding steroid dienone is 2. The standard InChI is InChI=1S/C22H25N7O6S/c23-22-25-17(27-36-22)15(26-35)18(30)24-14-13-6-5-10(16(21(33)34)29(13)20(14)32)9-11-7-8-28(19(11)31)12-3-1-2-4-12/h9,12-14,35H,1-8H2,(H,24,30)(H,33,34)(H2,23,25,27)/b11-9+,26-15-/t13?,14-/m0/s1. The van der Waals surface area contributed by atoms with Crippen molar-refractivity contribution in [2.45, 2.75) is 63.1 Å². The molecule has 2 saturated heterocycles. The van der Waals surface area contributed by atoms with Gasteiger partial charge in [-0.1, -0.05) is 18.0 Å². The summed E-state index contributed by atoms with van der Waals surface area (Å²) < 4.78 is 3.83. The van der Waals surface area contributed by atoms with Gasteiger partial charge in [-0.25, -0.2) is 4.79 Å². The molecule has 1 aromatic heterocycles. The van der Waals surface area contributed by atoms with Gasteiger partial charge in [0.05, 0.1) is 6.04 Å². The zero-order valence-corrected chi connectivity index (χ0v) is 20.0. The van der Waals surface area contributed by atoms with Gasteiger partial charge in [-0.2, -0.15) is 9.36 Å². The Morgan fingerprint density at radius 3 is 2.58 bits per heavy atom. The Labute approximate surface area is 209 Å². The quantitative estimate of drug-likeness (QED) is 0.135. The normalized spacial score (nSPS) is 26.0. The van der Waals surface area contributed by atoms with E-state index in [0.29, 0.717) is 37.0 Å². The third-order valence-corrected chi connectivity index (χ3v) is 7.75. The predicted octanol–water partition coefficient (Wildman–Crippen LogP) is 0.228. The van der Waals surface area contributed by atoms with Crippen LogP contribution in [-0.2, 0) is 19.2 Å². The third-order valence-electron chi connectivity index (χ3n) is 7.20. The van der Waals surface area contributed by atoms with Crippen molar-refractivity contribution in [2.24, 2.45) is 5.16 Å². The Bertz CT molecular complexity index is 1230. The van der Waals surface area contributed by atoms with Gasteiger partial charge in [0.1, 0.15) is 11.7 Å². The van der Waals surface area contributed by atoms with Crippen molar-refractivity contribution in [3.8, 4) is 0 Å². The van der Waals surface area contributed by atoms with Crippen molar-refractivity contribution in [1.82, 2.24) is 24.5 Å². The summed E-state index contributed by atoms with van der Waals surface area (Å²) in [6.45, 7) is 0.624. The van der Waals surface area contributed by atoms with Crippen LogP contribution in [-0.4, -0.2) is 83.5 Å². The first-order valence-corrected chi connectivity index (χ1v) is 12.5. The number of nitrogens with two attached hydrogens (primary N) is 1. The first-order chi connectivity index (χ1) is 17.3. The maximum atomic E-state index is 13.0. The lowest BCUT2D eigenvalue weighted by atomic mass is 9.83. The molecule has 1 unspecified atom stereocenters. The van der Waals surface area contributed by atoms with E-state index in [1.807, 2.05) is 4.90 Å². The highest BCUT2D eigenvalue weighted by Crippen LogP contribution is 2.38. The van der Waals surface area contributed by atoms with E-state index >= 15 is 0 Å². The van der Waals surface area contributed by atoms with Crippen LogP contribution in [0.1, 0.15) is 50.8 Å². The minimum atomic E-state index is -1.28. The topological polar surface area (TPSA) is 191 Å². The minimum Gasteiger partial charge on any atom is -0.477 e. The predicted molar refractivity (Wildman–Crippen MR) is 126 cm³/mol. The van der Waals surface area contributed by atoms with Crippen molar-refractivity contribution < 1.29 is 29.5 Å². The van der Waals surface area contributed by atoms with Crippen molar-refractivity contribution in [1.29, 1.82) is 0 Å². The number of amides is 3. The van der Waals surface area contributed by atoms with E-state index in [1.165, 1.54) is 0 Å². The number of fused-ring (bicyclic) bond motifs is 1. The maximum Gasteiger partial charge on any atom is 0.352 e. The molecule has 1 aliphatic carbocycles. The lowest BCUT2D eigenvalue weighted by Crippen LogP contribution is -2.72. The van der Waals surface area contributed by atoms with E-state index in [2.05, 4.69) is 19.8 Å². The Balaban J connectivity index is 1.33. The first kappa shape index (κ1) is 23.9. The average Bonchev–Trinajstić information content (AvgIpc) is 3.60. The van der Waals surface area contributed by atoms with Crippen LogP contribution in [0.5, 0.6) is 0 Å². The number of aliphatic carboxylic acids is 1. The van der Waals surface area contributed by atoms with Gasteiger partial charge in [-0.15, -0.1) is 0 Å². The molecule has 0 radical (unpaired) electrons. The number of rotatable bonds is 6. The second-order valence-corrected chi connectivity index (χ2v) is 9.99. The SMILES string of the molecule is Nc1nc(/C(=N/O)C(=O)N[C@@H]2C(=O)N3C(C(=O)O)=C(/C=C4\CCN(C5CCCC5)C4=O)CCC23)ns1. The molecular formula is C22H25N7O6S. The highest BCUT2D eigenvalue weighted by molar-refractivity contribution is 7.09. The van der Waals surface area contributed by atoms with Crippen LogP contribution >= 0.6 is 11.5 Å². The number of carboxylic acids is 1. The van der Waals surface area contributed by atoms with Crippen LogP contribution in [0.3, 0.4) is 0 Å². The van der Waals surface area contributed by atoms with Gasteiger partial charge in [0.2, 0.25) is 17.4 Å². The highest BCUT2D eigenvalue weighted by atomic mass is 32.1. The van der Waals surface area contributed by atoms with Crippen molar-refractivity contribution >= 4 is 46.1 Å². The highest BCUT2D eigenvalue weighted by Gasteiger charge is 2.53. The molecule has 13 nitrogen and oxygen atoms in total. The van der Waals surface area contributed by atoms with Crippen LogP contribution < -0.4 is 11.1 Å². The summed E-state index contributed by atoms with van der Waals surface area (Å²) in [4.78, 5) is 57.5. The van der Waals surface area contributed by atoms with E-state index in [4.69, 9.17) is 5.73 Å². The Morgan fingerprint density at radius 1 is 1.19 bits per heavy atom. The lowest BCUT2D eigenvalue weighted by molar-refractivity contribution is -0.155.